The molecule has 0 aromatic rings. The molecule has 0 radical (unpaired) electrons. The smallest absolute Gasteiger partial charge is 0.225 e. The minimum Gasteiger partial charge on any atom is -0.376 e. The van der Waals surface area contributed by atoms with Crippen LogP contribution in [0.15, 0.2) is 0 Å². The third kappa shape index (κ3) is 3.83. The molecule has 5 heteroatoms. The van der Waals surface area contributed by atoms with Crippen LogP contribution in [-0.2, 0) is 9.53 Å². The first-order valence-corrected chi connectivity index (χ1v) is 6.29. The number of rotatable bonds is 3. The molecule has 2 aliphatic rings. The van der Waals surface area contributed by atoms with Crippen LogP contribution < -0.4 is 5.73 Å². The Labute approximate surface area is 109 Å². The van der Waals surface area contributed by atoms with E-state index in [-0.39, 0.29) is 36.4 Å². The van der Waals surface area contributed by atoms with Crippen LogP contribution in [0.5, 0.6) is 0 Å². The molecule has 0 bridgehead atoms. The molecule has 3 atom stereocenters. The largest absolute Gasteiger partial charge is 0.376 e. The number of hydrogen-bond acceptors (Lipinski definition) is 3. The third-order valence-corrected chi connectivity index (χ3v) is 3.70. The zero-order chi connectivity index (χ0) is 11.5. The molecule has 0 aromatic heterocycles. The van der Waals surface area contributed by atoms with E-state index >= 15 is 0 Å². The van der Waals surface area contributed by atoms with Crippen molar-refractivity contribution in [3.8, 4) is 0 Å². The van der Waals surface area contributed by atoms with Crippen molar-refractivity contribution >= 4 is 18.3 Å². The van der Waals surface area contributed by atoms with Crippen LogP contribution in [0, 0.1) is 5.92 Å². The molecule has 1 saturated carbocycles. The van der Waals surface area contributed by atoms with E-state index in [0.717, 1.165) is 45.3 Å². The summed E-state index contributed by atoms with van der Waals surface area (Å²) in [5.41, 5.74) is 5.83. The normalized spacial score (nSPS) is 32.2. The van der Waals surface area contributed by atoms with Crippen molar-refractivity contribution in [2.24, 2.45) is 11.7 Å². The highest BCUT2D eigenvalue weighted by atomic mass is 35.5. The summed E-state index contributed by atoms with van der Waals surface area (Å²) in [7, 11) is 1.88. The van der Waals surface area contributed by atoms with Crippen LogP contribution in [0.1, 0.15) is 32.1 Å². The molecule has 1 amide bonds. The van der Waals surface area contributed by atoms with Gasteiger partial charge in [-0.1, -0.05) is 0 Å². The van der Waals surface area contributed by atoms with Gasteiger partial charge in [0.25, 0.3) is 0 Å². The minimum absolute atomic E-state index is 0. The Bertz CT molecular complexity index is 257. The zero-order valence-electron chi connectivity index (χ0n) is 10.4. The Hall–Kier alpha value is -0.320. The van der Waals surface area contributed by atoms with Crippen LogP contribution >= 0.6 is 12.4 Å². The number of carbonyl (C=O) groups is 1. The van der Waals surface area contributed by atoms with Gasteiger partial charge in [-0.15, -0.1) is 12.4 Å². The van der Waals surface area contributed by atoms with Crippen molar-refractivity contribution in [2.75, 3.05) is 20.2 Å². The van der Waals surface area contributed by atoms with E-state index in [1.807, 2.05) is 11.9 Å². The number of nitrogens with zero attached hydrogens (tertiary/aromatic N) is 1. The minimum atomic E-state index is 0. The second-order valence-electron chi connectivity index (χ2n) is 5.12. The maximum Gasteiger partial charge on any atom is 0.225 e. The molecule has 0 spiro atoms. The molecule has 100 valence electrons. The lowest BCUT2D eigenvalue weighted by Crippen LogP contribution is -2.37. The second kappa shape index (κ2) is 6.57. The summed E-state index contributed by atoms with van der Waals surface area (Å²) < 4.78 is 5.54. The average molecular weight is 263 g/mol. The number of likely N-dealkylation sites (N-methyl/N-ethyl adjacent to an activating group) is 1. The van der Waals surface area contributed by atoms with Gasteiger partial charge in [0, 0.05) is 32.2 Å². The van der Waals surface area contributed by atoms with Gasteiger partial charge in [-0.05, 0) is 32.1 Å². The van der Waals surface area contributed by atoms with Gasteiger partial charge in [-0.3, -0.25) is 4.79 Å². The number of ether oxygens (including phenoxy) is 1. The Kier molecular flexibility index (Phi) is 5.70. The molecular weight excluding hydrogens is 240 g/mol. The molecule has 4 nitrogen and oxygen atoms in total. The van der Waals surface area contributed by atoms with E-state index < -0.39 is 0 Å². The van der Waals surface area contributed by atoms with Crippen LogP contribution in [0.25, 0.3) is 0 Å². The Morgan fingerprint density at radius 1 is 1.41 bits per heavy atom. The standard InChI is InChI=1S/C12H22N2O2.ClH/c1-14(8-11-3-2-6-16-11)12(15)9-4-5-10(13)7-9;/h9-11H,2-8,13H2,1H3;1H. The predicted octanol–water partition coefficient (Wildman–Crippen LogP) is 1.17. The van der Waals surface area contributed by atoms with E-state index in [2.05, 4.69) is 0 Å². The second-order valence-corrected chi connectivity index (χ2v) is 5.12. The van der Waals surface area contributed by atoms with E-state index in [4.69, 9.17) is 10.5 Å². The van der Waals surface area contributed by atoms with Crippen molar-refractivity contribution in [1.29, 1.82) is 0 Å². The summed E-state index contributed by atoms with van der Waals surface area (Å²) in [5, 5.41) is 0. The lowest BCUT2D eigenvalue weighted by molar-refractivity contribution is -0.135. The number of amides is 1. The Balaban J connectivity index is 0.00000144. The van der Waals surface area contributed by atoms with Gasteiger partial charge in [0.05, 0.1) is 6.10 Å². The molecule has 2 rings (SSSR count). The van der Waals surface area contributed by atoms with Crippen molar-refractivity contribution < 1.29 is 9.53 Å². The molecule has 1 saturated heterocycles. The van der Waals surface area contributed by atoms with E-state index in [0.29, 0.717) is 0 Å². The topological polar surface area (TPSA) is 55.6 Å². The monoisotopic (exact) mass is 262 g/mol. The summed E-state index contributed by atoms with van der Waals surface area (Å²) >= 11 is 0. The van der Waals surface area contributed by atoms with Gasteiger partial charge in [0.1, 0.15) is 0 Å². The van der Waals surface area contributed by atoms with Gasteiger partial charge < -0.3 is 15.4 Å². The molecule has 2 fully saturated rings. The highest BCUT2D eigenvalue weighted by Crippen LogP contribution is 2.26. The van der Waals surface area contributed by atoms with Crippen LogP contribution in [0.3, 0.4) is 0 Å². The summed E-state index contributed by atoms with van der Waals surface area (Å²) in [4.78, 5) is 13.9. The lowest BCUT2D eigenvalue weighted by atomic mass is 10.1. The summed E-state index contributed by atoms with van der Waals surface area (Å²) in [6.07, 6.45) is 5.27. The van der Waals surface area contributed by atoms with Gasteiger partial charge >= 0.3 is 0 Å². The van der Waals surface area contributed by atoms with E-state index in [1.165, 1.54) is 0 Å². The van der Waals surface area contributed by atoms with Gasteiger partial charge in [0.2, 0.25) is 5.91 Å². The Morgan fingerprint density at radius 2 is 2.18 bits per heavy atom. The van der Waals surface area contributed by atoms with Gasteiger partial charge in [-0.2, -0.15) is 0 Å². The van der Waals surface area contributed by atoms with Crippen molar-refractivity contribution in [1.82, 2.24) is 4.90 Å². The number of halogens is 1. The first kappa shape index (κ1) is 14.7. The Morgan fingerprint density at radius 3 is 2.71 bits per heavy atom. The summed E-state index contributed by atoms with van der Waals surface area (Å²) in [5.74, 6) is 0.407. The molecule has 1 heterocycles. The first-order chi connectivity index (χ1) is 7.66. The molecule has 1 aliphatic heterocycles. The van der Waals surface area contributed by atoms with Crippen LogP contribution in [0.2, 0.25) is 0 Å². The molecule has 3 unspecified atom stereocenters. The average Bonchev–Trinajstić information content (AvgIpc) is 2.88. The highest BCUT2D eigenvalue weighted by molar-refractivity contribution is 5.85. The molecule has 1 aliphatic carbocycles. The lowest BCUT2D eigenvalue weighted by Gasteiger charge is -2.23. The fraction of sp³-hybridized carbons (Fsp3) is 0.917. The van der Waals surface area contributed by atoms with Crippen molar-refractivity contribution in [3.63, 3.8) is 0 Å². The maximum absolute atomic E-state index is 12.1. The van der Waals surface area contributed by atoms with Gasteiger partial charge in [-0.25, -0.2) is 0 Å². The molecule has 0 aromatic carbocycles. The summed E-state index contributed by atoms with van der Waals surface area (Å²) in [6, 6.07) is 0.227. The zero-order valence-corrected chi connectivity index (χ0v) is 11.2. The van der Waals surface area contributed by atoms with Crippen LogP contribution in [0.4, 0.5) is 0 Å². The third-order valence-electron chi connectivity index (χ3n) is 3.70. The summed E-state index contributed by atoms with van der Waals surface area (Å²) in [6.45, 7) is 1.59. The molecule has 17 heavy (non-hydrogen) atoms. The van der Waals surface area contributed by atoms with Gasteiger partial charge in [0.15, 0.2) is 0 Å². The SMILES string of the molecule is CN(CC1CCCO1)C(=O)C1CCC(N)C1.Cl. The fourth-order valence-corrected chi connectivity index (χ4v) is 2.74. The quantitative estimate of drug-likeness (QED) is 0.831. The maximum atomic E-state index is 12.1. The predicted molar refractivity (Wildman–Crippen MR) is 69.2 cm³/mol. The van der Waals surface area contributed by atoms with Crippen molar-refractivity contribution in [3.05, 3.63) is 0 Å². The van der Waals surface area contributed by atoms with E-state index in [1.54, 1.807) is 0 Å². The molecule has 2 N–H and O–H groups in total. The first-order valence-electron chi connectivity index (χ1n) is 6.29. The number of carbonyl (C=O) groups excluding carboxylic acids is 1. The highest BCUT2D eigenvalue weighted by Gasteiger charge is 2.31. The van der Waals surface area contributed by atoms with E-state index in [9.17, 15) is 4.79 Å². The number of hydrogen-bond donors (Lipinski definition) is 1. The number of nitrogens with two attached hydrogens (primary N) is 1. The van der Waals surface area contributed by atoms with Crippen LogP contribution in [-0.4, -0.2) is 43.2 Å². The van der Waals surface area contributed by atoms with Crippen molar-refractivity contribution in [2.45, 2.75) is 44.2 Å². The molecular formula is C12H23ClN2O2. The fourth-order valence-electron chi connectivity index (χ4n) is 2.74.